The Morgan fingerprint density at radius 2 is 1.83 bits per heavy atom. The van der Waals surface area contributed by atoms with E-state index in [0.29, 0.717) is 5.56 Å². The third-order valence-corrected chi connectivity index (χ3v) is 1.42. The Hall–Kier alpha value is -1.39. The van der Waals surface area contributed by atoms with Crippen LogP contribution in [0.25, 0.3) is 0 Å². The van der Waals surface area contributed by atoms with Crippen molar-refractivity contribution in [2.24, 2.45) is 5.73 Å². The highest BCUT2D eigenvalue weighted by Crippen LogP contribution is 2.08. The number of benzene rings is 1. The van der Waals surface area contributed by atoms with Crippen molar-refractivity contribution in [3.8, 4) is 0 Å². The molecule has 0 aliphatic heterocycles. The average Bonchev–Trinajstić information content (AvgIpc) is 2.05. The summed E-state index contributed by atoms with van der Waals surface area (Å²) in [7, 11) is 0. The number of hydrogen-bond donors (Lipinski definition) is 2. The fourth-order valence-corrected chi connectivity index (χ4v) is 0.803. The second-order valence-electron chi connectivity index (χ2n) is 2.23. The minimum absolute atomic E-state index is 0. The van der Waals surface area contributed by atoms with Gasteiger partial charge < -0.3 is 10.8 Å². The first kappa shape index (κ1) is 10.6. The zero-order valence-electron chi connectivity index (χ0n) is 6.34. The van der Waals surface area contributed by atoms with Gasteiger partial charge in [-0.25, -0.2) is 0 Å². The van der Waals surface area contributed by atoms with Gasteiger partial charge >= 0.3 is 5.97 Å². The van der Waals surface area contributed by atoms with E-state index in [9.17, 15) is 4.79 Å². The standard InChI is InChI=1S/C8H9NO2.N/c9-7(8(10)11)6-4-2-1-3-5-6;/h1-5,7H,9H2,(H,10,11);. The summed E-state index contributed by atoms with van der Waals surface area (Å²) in [6, 6.07) is 7.82. The summed E-state index contributed by atoms with van der Waals surface area (Å²) < 4.78 is 0. The molecule has 1 aromatic carbocycles. The second kappa shape index (κ2) is 4.48. The van der Waals surface area contributed by atoms with Gasteiger partial charge in [0.2, 0.25) is 0 Å². The third kappa shape index (κ3) is 2.34. The van der Waals surface area contributed by atoms with E-state index in [1.165, 1.54) is 0 Å². The largest absolute Gasteiger partial charge is 0.480 e. The summed E-state index contributed by atoms with van der Waals surface area (Å²) in [4.78, 5) is 10.4. The number of hydrogen-bond acceptors (Lipinski definition) is 2. The lowest BCUT2D eigenvalue weighted by molar-refractivity contribution is -0.138. The summed E-state index contributed by atoms with van der Waals surface area (Å²) in [6.45, 7) is 0. The molecule has 3 N–H and O–H groups in total. The molecule has 0 aromatic heterocycles. The third-order valence-electron chi connectivity index (χ3n) is 1.42. The van der Waals surface area contributed by atoms with E-state index >= 15 is 0 Å². The van der Waals surface area contributed by atoms with E-state index < -0.39 is 12.0 Å². The van der Waals surface area contributed by atoms with Crippen LogP contribution < -0.4 is 11.9 Å². The lowest BCUT2D eigenvalue weighted by atomic mass is 10.1. The van der Waals surface area contributed by atoms with Crippen LogP contribution >= 0.6 is 0 Å². The zero-order chi connectivity index (χ0) is 8.27. The van der Waals surface area contributed by atoms with E-state index in [2.05, 4.69) is 0 Å². The van der Waals surface area contributed by atoms with E-state index in [1.54, 1.807) is 24.3 Å². The Balaban J connectivity index is 0.00000121. The predicted molar refractivity (Wildman–Crippen MR) is 43.1 cm³/mol. The van der Waals surface area contributed by atoms with Crippen molar-refractivity contribution in [3.63, 3.8) is 0 Å². The lowest BCUT2D eigenvalue weighted by Gasteiger charge is -2.04. The van der Waals surface area contributed by atoms with Crippen molar-refractivity contribution < 1.29 is 9.90 Å². The lowest BCUT2D eigenvalue weighted by Crippen LogP contribution is -2.20. The Bertz CT molecular complexity index is 248. The molecule has 0 saturated heterocycles. The number of carboxylic acid groups (broad SMARTS) is 1. The average molecular weight is 165 g/mol. The van der Waals surface area contributed by atoms with Crippen molar-refractivity contribution in [1.29, 1.82) is 0 Å². The molecule has 0 heterocycles. The van der Waals surface area contributed by atoms with Gasteiger partial charge in [0.05, 0.1) is 0 Å². The smallest absolute Gasteiger partial charge is 0.325 e. The normalized spacial score (nSPS) is 11.4. The highest BCUT2D eigenvalue weighted by molar-refractivity contribution is 5.75. The monoisotopic (exact) mass is 165 g/mol. The van der Waals surface area contributed by atoms with Crippen molar-refractivity contribution in [1.82, 2.24) is 6.15 Å². The molecule has 0 aliphatic carbocycles. The molecule has 1 unspecified atom stereocenters. The van der Waals surface area contributed by atoms with Gasteiger partial charge in [-0.05, 0) is 5.56 Å². The first-order valence-electron chi connectivity index (χ1n) is 3.25. The van der Waals surface area contributed by atoms with Crippen LogP contribution in [0.2, 0.25) is 0 Å². The molecule has 1 aromatic rings. The van der Waals surface area contributed by atoms with E-state index in [-0.39, 0.29) is 6.15 Å². The van der Waals surface area contributed by atoms with Crippen LogP contribution in [0.1, 0.15) is 11.6 Å². The number of nitrogens with two attached hydrogens (primary N) is 1. The number of aliphatic carboxylic acids is 1. The van der Waals surface area contributed by atoms with Gasteiger partial charge in [0.25, 0.3) is 0 Å². The molecule has 0 amide bonds. The molecule has 1 rings (SSSR count). The first-order chi connectivity index (χ1) is 5.22. The fourth-order valence-electron chi connectivity index (χ4n) is 0.803. The van der Waals surface area contributed by atoms with Crippen LogP contribution in [-0.2, 0) is 4.79 Å². The van der Waals surface area contributed by atoms with Gasteiger partial charge in [-0.1, -0.05) is 30.3 Å². The minimum Gasteiger partial charge on any atom is -0.480 e. The second-order valence-corrected chi connectivity index (χ2v) is 2.23. The number of rotatable bonds is 2. The summed E-state index contributed by atoms with van der Waals surface area (Å²) in [5.41, 5.74) is 5.96. The Labute approximate surface area is 70.6 Å². The molecule has 0 saturated carbocycles. The highest BCUT2D eigenvalue weighted by Gasteiger charge is 2.12. The molecule has 0 fully saturated rings. The van der Waals surface area contributed by atoms with Crippen molar-refractivity contribution in [2.45, 2.75) is 6.04 Å². The van der Waals surface area contributed by atoms with Crippen molar-refractivity contribution in [3.05, 3.63) is 35.9 Å². The highest BCUT2D eigenvalue weighted by atomic mass is 16.4. The molecule has 0 bridgehead atoms. The summed E-state index contributed by atoms with van der Waals surface area (Å²) in [6.07, 6.45) is 0. The number of carboxylic acids is 1. The first-order valence-corrected chi connectivity index (χ1v) is 3.25. The molecule has 4 heteroatoms. The van der Waals surface area contributed by atoms with Crippen molar-refractivity contribution >= 4 is 5.97 Å². The van der Waals surface area contributed by atoms with Gasteiger partial charge in [0, 0.05) is 6.15 Å². The summed E-state index contributed by atoms with van der Waals surface area (Å²) >= 11 is 0. The van der Waals surface area contributed by atoms with Crippen LogP contribution in [0, 0.1) is 0 Å². The van der Waals surface area contributed by atoms with Crippen LogP contribution in [-0.4, -0.2) is 11.1 Å². The molecular weight excluding hydrogens is 156 g/mol. The molecule has 0 spiro atoms. The molecule has 12 heavy (non-hydrogen) atoms. The van der Waals surface area contributed by atoms with Crippen LogP contribution in [0.3, 0.4) is 0 Å². The van der Waals surface area contributed by atoms with Gasteiger partial charge in [0.15, 0.2) is 0 Å². The predicted octanol–water partition coefficient (Wildman–Crippen LogP) is 0.290. The quantitative estimate of drug-likeness (QED) is 0.659. The Kier molecular flexibility index (Phi) is 3.96. The van der Waals surface area contributed by atoms with Crippen LogP contribution in [0.4, 0.5) is 0 Å². The number of carbonyl (C=O) groups is 1. The minimum atomic E-state index is -1.00. The summed E-state index contributed by atoms with van der Waals surface area (Å²) in [5, 5.41) is 8.51. The molecule has 4 nitrogen and oxygen atoms in total. The van der Waals surface area contributed by atoms with Gasteiger partial charge in [-0.2, -0.15) is 0 Å². The maximum Gasteiger partial charge on any atom is 0.325 e. The van der Waals surface area contributed by atoms with Crippen molar-refractivity contribution in [2.75, 3.05) is 0 Å². The van der Waals surface area contributed by atoms with Gasteiger partial charge in [-0.3, -0.25) is 4.79 Å². The van der Waals surface area contributed by atoms with Crippen LogP contribution in [0.5, 0.6) is 0 Å². The molecule has 63 valence electrons. The van der Waals surface area contributed by atoms with E-state index in [1.807, 2.05) is 6.07 Å². The van der Waals surface area contributed by atoms with Gasteiger partial charge in [0.1, 0.15) is 6.04 Å². The maximum atomic E-state index is 10.4. The SMILES string of the molecule is NC(C(=O)O)c1ccccc1.[N]. The van der Waals surface area contributed by atoms with E-state index in [4.69, 9.17) is 10.8 Å². The van der Waals surface area contributed by atoms with E-state index in [0.717, 1.165) is 0 Å². The fraction of sp³-hybridized carbons (Fsp3) is 0.125. The maximum absolute atomic E-state index is 10.4. The Morgan fingerprint density at radius 1 is 1.33 bits per heavy atom. The van der Waals surface area contributed by atoms with Crippen LogP contribution in [0.15, 0.2) is 30.3 Å². The zero-order valence-corrected chi connectivity index (χ0v) is 6.34. The topological polar surface area (TPSA) is 93.8 Å². The Morgan fingerprint density at radius 3 is 2.25 bits per heavy atom. The molecule has 0 aliphatic rings. The summed E-state index contributed by atoms with van der Waals surface area (Å²) in [5.74, 6) is -1.00. The molecule has 1 atom stereocenters. The number of nitrogens with zero attached hydrogens (tertiary/aromatic N) is 1. The molecular formula is C8H9N2O2. The van der Waals surface area contributed by atoms with Gasteiger partial charge in [-0.15, -0.1) is 0 Å². The molecule has 3 radical (unpaired) electrons.